The van der Waals surface area contributed by atoms with Crippen molar-refractivity contribution in [2.24, 2.45) is 0 Å². The van der Waals surface area contributed by atoms with Crippen LogP contribution in [0.1, 0.15) is 32.6 Å². The number of nitrogens with one attached hydrogen (secondary N) is 1. The molecule has 0 saturated heterocycles. The van der Waals surface area contributed by atoms with Gasteiger partial charge in [-0.2, -0.15) is 0 Å². The van der Waals surface area contributed by atoms with Gasteiger partial charge in [-0.1, -0.05) is 20.8 Å². The highest BCUT2D eigenvalue weighted by atomic mass is 32.1. The van der Waals surface area contributed by atoms with E-state index in [0.29, 0.717) is 0 Å². The fourth-order valence-corrected chi connectivity index (χ4v) is 2.62. The lowest BCUT2D eigenvalue weighted by Gasteiger charge is -2.15. The largest absolute Gasteiger partial charge is 0.370 e. The second-order valence-electron chi connectivity index (χ2n) is 5.21. The van der Waals surface area contributed by atoms with E-state index in [1.165, 1.54) is 4.88 Å². The second kappa shape index (κ2) is 5.06. The van der Waals surface area contributed by atoms with Crippen LogP contribution in [0.5, 0.6) is 0 Å². The smallest absolute Gasteiger partial charge is 0.171 e. The summed E-state index contributed by atoms with van der Waals surface area (Å²) in [5.74, 6) is 1.68. The molecule has 0 amide bonds. The van der Waals surface area contributed by atoms with Crippen LogP contribution in [0.25, 0.3) is 10.7 Å². The second-order valence-corrected chi connectivity index (χ2v) is 6.29. The van der Waals surface area contributed by atoms with Crippen LogP contribution in [0.2, 0.25) is 0 Å². The van der Waals surface area contributed by atoms with E-state index in [4.69, 9.17) is 0 Å². The first-order valence-electron chi connectivity index (χ1n) is 6.18. The fourth-order valence-electron chi connectivity index (χ4n) is 1.62. The van der Waals surface area contributed by atoms with E-state index < -0.39 is 0 Å². The van der Waals surface area contributed by atoms with E-state index >= 15 is 0 Å². The molecule has 2 rings (SSSR count). The molecule has 0 aromatic carbocycles. The molecule has 0 aliphatic carbocycles. The molecule has 0 atom stereocenters. The van der Waals surface area contributed by atoms with Gasteiger partial charge >= 0.3 is 0 Å². The Morgan fingerprint density at radius 2 is 2.00 bits per heavy atom. The van der Waals surface area contributed by atoms with E-state index in [-0.39, 0.29) is 5.41 Å². The van der Waals surface area contributed by atoms with Gasteiger partial charge in [0.2, 0.25) is 0 Å². The molecule has 0 spiro atoms. The van der Waals surface area contributed by atoms with Gasteiger partial charge in [0.05, 0.1) is 4.88 Å². The van der Waals surface area contributed by atoms with E-state index in [1.807, 2.05) is 6.07 Å². The van der Waals surface area contributed by atoms with E-state index in [0.717, 1.165) is 23.1 Å². The fraction of sp³-hybridized carbons (Fsp3) is 0.429. The average molecular weight is 261 g/mol. The highest BCUT2D eigenvalue weighted by molar-refractivity contribution is 7.15. The molecular weight excluding hydrogens is 242 g/mol. The van der Waals surface area contributed by atoms with Crippen LogP contribution in [-0.4, -0.2) is 16.5 Å². The zero-order valence-electron chi connectivity index (χ0n) is 11.3. The van der Waals surface area contributed by atoms with Crippen molar-refractivity contribution >= 4 is 17.2 Å². The summed E-state index contributed by atoms with van der Waals surface area (Å²) in [6, 6.07) is 6.17. The van der Waals surface area contributed by atoms with Crippen molar-refractivity contribution in [3.05, 3.63) is 29.3 Å². The van der Waals surface area contributed by atoms with Crippen LogP contribution in [0.15, 0.2) is 24.4 Å². The standard InChI is InChI=1S/C14H19N3S/c1-5-15-12-8-9-16-13(17-12)10-6-7-11(18-10)14(2,3)4/h6-9H,5H2,1-4H3,(H,15,16,17). The predicted molar refractivity (Wildman–Crippen MR) is 78.2 cm³/mol. The summed E-state index contributed by atoms with van der Waals surface area (Å²) in [6.07, 6.45) is 1.80. The third-order valence-corrected chi connectivity index (χ3v) is 4.09. The van der Waals surface area contributed by atoms with E-state index in [9.17, 15) is 0 Å². The quantitative estimate of drug-likeness (QED) is 0.909. The van der Waals surface area contributed by atoms with Crippen LogP contribution in [0, 0.1) is 0 Å². The van der Waals surface area contributed by atoms with Gasteiger partial charge in [0.15, 0.2) is 5.82 Å². The summed E-state index contributed by atoms with van der Waals surface area (Å²) in [6.45, 7) is 9.59. The first-order valence-corrected chi connectivity index (χ1v) is 7.00. The zero-order valence-corrected chi connectivity index (χ0v) is 12.1. The molecule has 0 aliphatic rings. The number of hydrogen-bond donors (Lipinski definition) is 1. The number of thiophene rings is 1. The molecule has 96 valence electrons. The molecule has 0 saturated carbocycles. The molecule has 2 aromatic heterocycles. The number of rotatable bonds is 3. The topological polar surface area (TPSA) is 37.8 Å². The van der Waals surface area contributed by atoms with Crippen LogP contribution in [0.4, 0.5) is 5.82 Å². The summed E-state index contributed by atoms with van der Waals surface area (Å²) in [7, 11) is 0. The monoisotopic (exact) mass is 261 g/mol. The maximum Gasteiger partial charge on any atom is 0.171 e. The molecule has 18 heavy (non-hydrogen) atoms. The summed E-state index contributed by atoms with van der Waals surface area (Å²) >= 11 is 1.77. The molecule has 3 nitrogen and oxygen atoms in total. The summed E-state index contributed by atoms with van der Waals surface area (Å²) in [4.78, 5) is 11.3. The van der Waals surface area contributed by atoms with Gasteiger partial charge < -0.3 is 5.32 Å². The SMILES string of the molecule is CCNc1ccnc(-c2ccc(C(C)(C)C)s2)n1. The van der Waals surface area contributed by atoms with E-state index in [2.05, 4.69) is 55.1 Å². The average Bonchev–Trinajstić information content (AvgIpc) is 2.78. The van der Waals surface area contributed by atoms with Gasteiger partial charge in [-0.25, -0.2) is 9.97 Å². The Kier molecular flexibility index (Phi) is 3.66. The molecular formula is C14H19N3S. The van der Waals surface area contributed by atoms with Crippen molar-refractivity contribution in [2.45, 2.75) is 33.1 Å². The number of nitrogens with zero attached hydrogens (tertiary/aromatic N) is 2. The van der Waals surface area contributed by atoms with Gasteiger partial charge in [0, 0.05) is 17.6 Å². The van der Waals surface area contributed by atoms with Gasteiger partial charge in [-0.05, 0) is 30.5 Å². The van der Waals surface area contributed by atoms with Gasteiger partial charge in [-0.15, -0.1) is 11.3 Å². The van der Waals surface area contributed by atoms with Gasteiger partial charge in [-0.3, -0.25) is 0 Å². The van der Waals surface area contributed by atoms with Crippen molar-refractivity contribution in [3.8, 4) is 10.7 Å². The molecule has 0 bridgehead atoms. The maximum absolute atomic E-state index is 4.52. The minimum absolute atomic E-state index is 0.183. The van der Waals surface area contributed by atoms with Crippen molar-refractivity contribution in [2.75, 3.05) is 11.9 Å². The lowest BCUT2D eigenvalue weighted by atomic mass is 9.95. The number of anilines is 1. The third kappa shape index (κ3) is 2.88. The Hall–Kier alpha value is -1.42. The minimum Gasteiger partial charge on any atom is -0.370 e. The highest BCUT2D eigenvalue weighted by Gasteiger charge is 2.17. The van der Waals surface area contributed by atoms with Crippen molar-refractivity contribution in [1.82, 2.24) is 9.97 Å². The molecule has 2 aromatic rings. The highest BCUT2D eigenvalue weighted by Crippen LogP contribution is 2.33. The van der Waals surface area contributed by atoms with Gasteiger partial charge in [0.1, 0.15) is 5.82 Å². The molecule has 4 heteroatoms. The summed E-state index contributed by atoms with van der Waals surface area (Å²) < 4.78 is 0. The minimum atomic E-state index is 0.183. The molecule has 0 fully saturated rings. The van der Waals surface area contributed by atoms with E-state index in [1.54, 1.807) is 17.5 Å². The number of hydrogen-bond acceptors (Lipinski definition) is 4. The summed E-state index contributed by atoms with van der Waals surface area (Å²) in [5, 5.41) is 3.21. The normalized spacial score (nSPS) is 11.6. The molecule has 2 heterocycles. The molecule has 0 unspecified atom stereocenters. The first kappa shape index (κ1) is 13.0. The van der Waals surface area contributed by atoms with Crippen LogP contribution < -0.4 is 5.32 Å². The van der Waals surface area contributed by atoms with Crippen LogP contribution in [-0.2, 0) is 5.41 Å². The Morgan fingerprint density at radius 1 is 1.22 bits per heavy atom. The summed E-state index contributed by atoms with van der Waals surface area (Å²) in [5.41, 5.74) is 0.183. The lowest BCUT2D eigenvalue weighted by Crippen LogP contribution is -2.07. The Morgan fingerprint density at radius 3 is 2.61 bits per heavy atom. The Labute approximate surface area is 112 Å². The molecule has 0 radical (unpaired) electrons. The van der Waals surface area contributed by atoms with Crippen LogP contribution in [0.3, 0.4) is 0 Å². The molecule has 1 N–H and O–H groups in total. The first-order chi connectivity index (χ1) is 8.50. The molecule has 0 aliphatic heterocycles. The predicted octanol–water partition coefficient (Wildman–Crippen LogP) is 3.93. The van der Waals surface area contributed by atoms with Crippen molar-refractivity contribution < 1.29 is 0 Å². The maximum atomic E-state index is 4.52. The number of aromatic nitrogens is 2. The van der Waals surface area contributed by atoms with Gasteiger partial charge in [0.25, 0.3) is 0 Å². The van der Waals surface area contributed by atoms with Crippen LogP contribution >= 0.6 is 11.3 Å². The third-order valence-electron chi connectivity index (χ3n) is 2.58. The van der Waals surface area contributed by atoms with Crippen molar-refractivity contribution in [1.29, 1.82) is 0 Å². The lowest BCUT2D eigenvalue weighted by molar-refractivity contribution is 0.604. The Balaban J connectivity index is 2.31. The zero-order chi connectivity index (χ0) is 13.2. The Bertz CT molecular complexity index is 526. The van der Waals surface area contributed by atoms with Crippen molar-refractivity contribution in [3.63, 3.8) is 0 Å².